The number of aliphatic carboxylic acids is 1. The molecule has 0 fully saturated rings. The summed E-state index contributed by atoms with van der Waals surface area (Å²) in [6.07, 6.45) is 0. The van der Waals surface area contributed by atoms with E-state index in [-0.39, 0.29) is 13.2 Å². The van der Waals surface area contributed by atoms with Crippen molar-refractivity contribution in [3.8, 4) is 38.9 Å². The van der Waals surface area contributed by atoms with Crippen LogP contribution >= 0.6 is 22.9 Å². The molecule has 0 aliphatic heterocycles. The van der Waals surface area contributed by atoms with Crippen LogP contribution in [0.2, 0.25) is 5.02 Å². The summed E-state index contributed by atoms with van der Waals surface area (Å²) in [7, 11) is 0. The number of ether oxygens (including phenoxy) is 3. The fourth-order valence-corrected chi connectivity index (χ4v) is 4.58. The molecule has 0 saturated heterocycles. The lowest BCUT2D eigenvalue weighted by Gasteiger charge is -2.09. The molecule has 0 amide bonds. The average Bonchev–Trinajstić information content (AvgIpc) is 3.27. The van der Waals surface area contributed by atoms with E-state index in [1.807, 2.05) is 68.4 Å². The van der Waals surface area contributed by atoms with Crippen LogP contribution in [0.4, 0.5) is 0 Å². The molecule has 35 heavy (non-hydrogen) atoms. The molecule has 0 atom stereocenters. The number of thiazole rings is 1. The van der Waals surface area contributed by atoms with E-state index in [9.17, 15) is 4.79 Å². The zero-order chi connectivity index (χ0) is 24.8. The maximum Gasteiger partial charge on any atom is 0.341 e. The minimum absolute atomic E-state index is 0.289. The first-order chi connectivity index (χ1) is 16.9. The fraction of sp³-hybridized carbons (Fsp3) is 0.185. The number of nitrogens with zero attached hydrogens (tertiary/aromatic N) is 1. The maximum absolute atomic E-state index is 10.7. The zero-order valence-corrected chi connectivity index (χ0v) is 20.9. The van der Waals surface area contributed by atoms with Gasteiger partial charge in [-0.25, -0.2) is 9.78 Å². The van der Waals surface area contributed by atoms with Gasteiger partial charge in [0.2, 0.25) is 0 Å². The molecule has 0 radical (unpaired) electrons. The predicted octanol–water partition coefficient (Wildman–Crippen LogP) is 6.88. The number of carbonyl (C=O) groups is 1. The van der Waals surface area contributed by atoms with Gasteiger partial charge in [-0.05, 0) is 79.6 Å². The topological polar surface area (TPSA) is 77.9 Å². The van der Waals surface area contributed by atoms with Gasteiger partial charge in [0.1, 0.15) is 28.9 Å². The van der Waals surface area contributed by atoms with Crippen LogP contribution in [0.25, 0.3) is 21.7 Å². The number of aromatic nitrogens is 1. The minimum Gasteiger partial charge on any atom is -0.494 e. The summed E-state index contributed by atoms with van der Waals surface area (Å²) < 4.78 is 16.9. The van der Waals surface area contributed by atoms with Crippen LogP contribution in [0.1, 0.15) is 17.5 Å². The Kier molecular flexibility index (Phi) is 7.90. The number of benzene rings is 3. The molecule has 180 valence electrons. The molecule has 0 spiro atoms. The van der Waals surface area contributed by atoms with Gasteiger partial charge in [-0.2, -0.15) is 0 Å². The van der Waals surface area contributed by atoms with Gasteiger partial charge in [0.05, 0.1) is 17.2 Å². The van der Waals surface area contributed by atoms with E-state index < -0.39 is 5.97 Å². The Labute approximate surface area is 212 Å². The number of carboxylic acid groups (broad SMARTS) is 1. The smallest absolute Gasteiger partial charge is 0.341 e. The molecule has 0 aliphatic rings. The molecule has 4 rings (SSSR count). The number of carboxylic acids is 1. The van der Waals surface area contributed by atoms with Gasteiger partial charge in [-0.1, -0.05) is 23.7 Å². The second-order valence-corrected chi connectivity index (χ2v) is 9.17. The zero-order valence-electron chi connectivity index (χ0n) is 19.3. The van der Waals surface area contributed by atoms with Crippen LogP contribution in [0, 0.1) is 6.92 Å². The van der Waals surface area contributed by atoms with Crippen LogP contribution < -0.4 is 14.2 Å². The van der Waals surface area contributed by atoms with E-state index in [0.29, 0.717) is 23.1 Å². The Morgan fingerprint density at radius 1 is 0.943 bits per heavy atom. The third-order valence-corrected chi connectivity index (χ3v) is 6.41. The van der Waals surface area contributed by atoms with Crippen molar-refractivity contribution in [2.24, 2.45) is 0 Å². The molecular weight excluding hydrogens is 486 g/mol. The van der Waals surface area contributed by atoms with Crippen molar-refractivity contribution in [2.45, 2.75) is 20.5 Å². The molecule has 8 heteroatoms. The third kappa shape index (κ3) is 6.32. The predicted molar refractivity (Wildman–Crippen MR) is 138 cm³/mol. The fourth-order valence-electron chi connectivity index (χ4n) is 3.45. The van der Waals surface area contributed by atoms with Gasteiger partial charge < -0.3 is 19.3 Å². The van der Waals surface area contributed by atoms with Crippen molar-refractivity contribution in [3.63, 3.8) is 0 Å². The summed E-state index contributed by atoms with van der Waals surface area (Å²) in [5, 5.41) is 10.3. The maximum atomic E-state index is 10.7. The highest BCUT2D eigenvalue weighted by Crippen LogP contribution is 2.38. The van der Waals surface area contributed by atoms with Crippen LogP contribution in [0.5, 0.6) is 17.2 Å². The van der Waals surface area contributed by atoms with Gasteiger partial charge in [0.15, 0.2) is 6.61 Å². The third-order valence-electron chi connectivity index (χ3n) is 5.08. The highest BCUT2D eigenvalue weighted by Gasteiger charge is 2.16. The Bertz CT molecular complexity index is 1300. The van der Waals surface area contributed by atoms with E-state index in [1.165, 1.54) is 0 Å². The van der Waals surface area contributed by atoms with Crippen LogP contribution in [0.15, 0.2) is 66.7 Å². The van der Waals surface area contributed by atoms with E-state index in [1.54, 1.807) is 23.5 Å². The standard InChI is InChI=1S/C27H24ClNO5S/c1-3-32-21-10-6-18(7-11-21)26-27(19-4-8-20(28)9-5-19)35-24(29-26)15-33-22-12-13-23(17(2)14-22)34-16-25(30)31/h4-14H,3,15-16H2,1-2H3,(H,30,31). The highest BCUT2D eigenvalue weighted by molar-refractivity contribution is 7.15. The Morgan fingerprint density at radius 3 is 2.29 bits per heavy atom. The van der Waals surface area contributed by atoms with Gasteiger partial charge in [-0.3, -0.25) is 0 Å². The van der Waals surface area contributed by atoms with Crippen molar-refractivity contribution in [1.82, 2.24) is 4.98 Å². The molecule has 0 bridgehead atoms. The van der Waals surface area contributed by atoms with E-state index in [4.69, 9.17) is 35.9 Å². The minimum atomic E-state index is -1.02. The largest absolute Gasteiger partial charge is 0.494 e. The summed E-state index contributed by atoms with van der Waals surface area (Å²) in [6, 6.07) is 20.9. The Balaban J connectivity index is 1.57. The van der Waals surface area contributed by atoms with Crippen molar-refractivity contribution in [1.29, 1.82) is 0 Å². The van der Waals surface area contributed by atoms with Gasteiger partial charge in [0.25, 0.3) is 0 Å². The SMILES string of the molecule is CCOc1ccc(-c2nc(COc3ccc(OCC(=O)O)c(C)c3)sc2-c2ccc(Cl)cc2)cc1. The number of aryl methyl sites for hydroxylation is 1. The second kappa shape index (κ2) is 11.3. The molecule has 6 nitrogen and oxygen atoms in total. The average molecular weight is 510 g/mol. The molecule has 4 aromatic rings. The van der Waals surface area contributed by atoms with Gasteiger partial charge in [-0.15, -0.1) is 11.3 Å². The summed E-state index contributed by atoms with van der Waals surface area (Å²) >= 11 is 7.67. The number of hydrogen-bond acceptors (Lipinski definition) is 6. The number of rotatable bonds is 10. The van der Waals surface area contributed by atoms with Crippen molar-refractivity contribution in [2.75, 3.05) is 13.2 Å². The number of halogens is 1. The summed E-state index contributed by atoms with van der Waals surface area (Å²) in [6.45, 7) is 4.31. The first kappa shape index (κ1) is 24.6. The second-order valence-electron chi connectivity index (χ2n) is 7.65. The molecular formula is C27H24ClNO5S. The Hall–Kier alpha value is -3.55. The number of hydrogen-bond donors (Lipinski definition) is 1. The van der Waals surface area contributed by atoms with E-state index >= 15 is 0 Å². The van der Waals surface area contributed by atoms with Gasteiger partial charge >= 0.3 is 5.97 Å². The molecule has 1 N–H and O–H groups in total. The molecule has 0 saturated carbocycles. The molecule has 1 aromatic heterocycles. The van der Waals surface area contributed by atoms with Gasteiger partial charge in [0, 0.05) is 10.6 Å². The first-order valence-corrected chi connectivity index (χ1v) is 12.2. The molecule has 3 aromatic carbocycles. The van der Waals surface area contributed by atoms with Crippen molar-refractivity contribution in [3.05, 3.63) is 82.3 Å². The van der Waals surface area contributed by atoms with Crippen LogP contribution in [0.3, 0.4) is 0 Å². The molecule has 0 unspecified atom stereocenters. The monoisotopic (exact) mass is 509 g/mol. The van der Waals surface area contributed by atoms with E-state index in [0.717, 1.165) is 38.0 Å². The summed E-state index contributed by atoms with van der Waals surface area (Å²) in [5.41, 5.74) is 3.67. The lowest BCUT2D eigenvalue weighted by molar-refractivity contribution is -0.139. The molecule has 0 aliphatic carbocycles. The quantitative estimate of drug-likeness (QED) is 0.251. The van der Waals surface area contributed by atoms with Crippen molar-refractivity contribution < 1.29 is 24.1 Å². The summed E-state index contributed by atoms with van der Waals surface area (Å²) in [5.74, 6) is 0.954. The van der Waals surface area contributed by atoms with Crippen molar-refractivity contribution >= 4 is 28.9 Å². The van der Waals surface area contributed by atoms with Crippen LogP contribution in [-0.2, 0) is 11.4 Å². The lowest BCUT2D eigenvalue weighted by atomic mass is 10.1. The Morgan fingerprint density at radius 2 is 1.63 bits per heavy atom. The molecule has 1 heterocycles. The lowest BCUT2D eigenvalue weighted by Crippen LogP contribution is -2.10. The summed E-state index contributed by atoms with van der Waals surface area (Å²) in [4.78, 5) is 16.7. The first-order valence-electron chi connectivity index (χ1n) is 11.0. The normalized spacial score (nSPS) is 10.7. The van der Waals surface area contributed by atoms with E-state index in [2.05, 4.69) is 0 Å². The van der Waals surface area contributed by atoms with Crippen LogP contribution in [-0.4, -0.2) is 29.3 Å². The highest BCUT2D eigenvalue weighted by atomic mass is 35.5.